The van der Waals surface area contributed by atoms with Crippen LogP contribution in [0.1, 0.15) is 30.6 Å². The third kappa shape index (κ3) is 2.71. The molecule has 106 valence electrons. The van der Waals surface area contributed by atoms with E-state index in [0.717, 1.165) is 6.54 Å². The van der Waals surface area contributed by atoms with E-state index in [-0.39, 0.29) is 11.9 Å². The van der Waals surface area contributed by atoms with Crippen molar-refractivity contribution in [2.45, 2.75) is 31.9 Å². The molecular weight excluding hydrogens is 250 g/mol. The molecule has 1 heterocycles. The van der Waals surface area contributed by atoms with E-state index in [1.54, 1.807) is 12.1 Å². The van der Waals surface area contributed by atoms with E-state index in [0.29, 0.717) is 18.0 Å². The fraction of sp³-hybridized carbons (Fsp3) is 0.471. The number of nitrogens with zero attached hydrogens (tertiary/aromatic N) is 1. The zero-order valence-corrected chi connectivity index (χ0v) is 12.3. The molecule has 0 radical (unpaired) electrons. The molecule has 1 aliphatic heterocycles. The van der Waals surface area contributed by atoms with Gasteiger partial charge in [0.05, 0.1) is 5.56 Å². The number of piperidine rings is 1. The summed E-state index contributed by atoms with van der Waals surface area (Å²) in [5.41, 5.74) is -0.264. The first-order valence-electron chi connectivity index (χ1n) is 6.95. The van der Waals surface area contributed by atoms with Crippen LogP contribution < -0.4 is 0 Å². The molecule has 2 rings (SSSR count). The fourth-order valence-corrected chi connectivity index (χ4v) is 2.73. The normalized spacial score (nSPS) is 30.5. The highest BCUT2D eigenvalue weighted by molar-refractivity contribution is 5.89. The van der Waals surface area contributed by atoms with Gasteiger partial charge in [0, 0.05) is 24.9 Å². The molecule has 1 saturated heterocycles. The van der Waals surface area contributed by atoms with Gasteiger partial charge in [-0.15, -0.1) is 6.42 Å². The fourth-order valence-electron chi connectivity index (χ4n) is 2.73. The Balaban J connectivity index is 2.20. The highest BCUT2D eigenvalue weighted by atomic mass is 16.6. The Morgan fingerprint density at radius 2 is 2.05 bits per heavy atom. The van der Waals surface area contributed by atoms with Gasteiger partial charge in [-0.05, 0) is 26.1 Å². The molecule has 3 atom stereocenters. The lowest BCUT2D eigenvalue weighted by Crippen LogP contribution is -2.54. The van der Waals surface area contributed by atoms with E-state index >= 15 is 0 Å². The van der Waals surface area contributed by atoms with Crippen molar-refractivity contribution in [2.75, 3.05) is 13.6 Å². The van der Waals surface area contributed by atoms with E-state index in [1.807, 2.05) is 25.1 Å². The van der Waals surface area contributed by atoms with E-state index in [2.05, 4.69) is 24.8 Å². The molecule has 1 aliphatic rings. The van der Waals surface area contributed by atoms with Gasteiger partial charge in [-0.3, -0.25) is 0 Å². The lowest BCUT2D eigenvalue weighted by Gasteiger charge is -2.45. The van der Waals surface area contributed by atoms with Crippen LogP contribution in [-0.2, 0) is 4.74 Å². The van der Waals surface area contributed by atoms with Gasteiger partial charge in [-0.25, -0.2) is 4.79 Å². The number of ether oxygens (including phenoxy) is 1. The van der Waals surface area contributed by atoms with Gasteiger partial charge in [-0.1, -0.05) is 31.0 Å². The highest BCUT2D eigenvalue weighted by Gasteiger charge is 2.44. The Morgan fingerprint density at radius 3 is 2.65 bits per heavy atom. The van der Waals surface area contributed by atoms with Gasteiger partial charge >= 0.3 is 5.97 Å². The summed E-state index contributed by atoms with van der Waals surface area (Å²) in [7, 11) is 2.07. The quantitative estimate of drug-likeness (QED) is 0.611. The predicted octanol–water partition coefficient (Wildman–Crippen LogP) is 2.58. The van der Waals surface area contributed by atoms with Gasteiger partial charge in [0.2, 0.25) is 0 Å². The zero-order valence-electron chi connectivity index (χ0n) is 12.3. The molecule has 0 spiro atoms. The number of carbonyl (C=O) groups excluding carboxylic acids is 1. The molecule has 1 aromatic carbocycles. The second-order valence-electron chi connectivity index (χ2n) is 5.68. The monoisotopic (exact) mass is 271 g/mol. The van der Waals surface area contributed by atoms with Crippen molar-refractivity contribution in [2.24, 2.45) is 5.92 Å². The standard InChI is InChI=1S/C17H21NO2/c1-5-17(11-14(3)18(4)12-13(17)2)20-16(19)15-9-7-6-8-10-15/h1,6-10,13-14H,11-12H2,2-4H3/t13-,14-,17+/m1/s1. The molecule has 0 bridgehead atoms. The average molecular weight is 271 g/mol. The summed E-state index contributed by atoms with van der Waals surface area (Å²) in [6, 6.07) is 9.30. The molecule has 0 saturated carbocycles. The maximum atomic E-state index is 12.3. The smallest absolute Gasteiger partial charge is 0.339 e. The molecule has 3 nitrogen and oxygen atoms in total. The van der Waals surface area contributed by atoms with Gasteiger partial charge in [0.1, 0.15) is 0 Å². The first-order valence-corrected chi connectivity index (χ1v) is 6.95. The Morgan fingerprint density at radius 1 is 1.40 bits per heavy atom. The molecular formula is C17H21NO2. The van der Waals surface area contributed by atoms with Crippen molar-refractivity contribution in [3.63, 3.8) is 0 Å². The van der Waals surface area contributed by atoms with Gasteiger partial charge in [-0.2, -0.15) is 0 Å². The van der Waals surface area contributed by atoms with Crippen LogP contribution in [0.5, 0.6) is 0 Å². The summed E-state index contributed by atoms with van der Waals surface area (Å²) in [4.78, 5) is 14.5. The van der Waals surface area contributed by atoms with Crippen LogP contribution in [0.25, 0.3) is 0 Å². The van der Waals surface area contributed by atoms with Crippen LogP contribution in [0.15, 0.2) is 30.3 Å². The van der Waals surface area contributed by atoms with Crippen molar-refractivity contribution in [3.8, 4) is 12.3 Å². The maximum Gasteiger partial charge on any atom is 0.339 e. The molecule has 0 aromatic heterocycles. The third-order valence-corrected chi connectivity index (χ3v) is 4.24. The number of likely N-dealkylation sites (tertiary alicyclic amines) is 1. The van der Waals surface area contributed by atoms with Crippen LogP contribution in [-0.4, -0.2) is 36.1 Å². The van der Waals surface area contributed by atoms with Crippen LogP contribution in [0, 0.1) is 18.3 Å². The molecule has 1 fully saturated rings. The second-order valence-corrected chi connectivity index (χ2v) is 5.68. The number of benzene rings is 1. The van der Waals surface area contributed by atoms with Crippen molar-refractivity contribution >= 4 is 5.97 Å². The van der Waals surface area contributed by atoms with Crippen molar-refractivity contribution in [1.82, 2.24) is 4.90 Å². The largest absolute Gasteiger partial charge is 0.442 e. The summed E-state index contributed by atoms with van der Waals surface area (Å²) < 4.78 is 5.74. The minimum Gasteiger partial charge on any atom is -0.442 e. The molecule has 0 unspecified atom stereocenters. The topological polar surface area (TPSA) is 29.5 Å². The molecule has 0 N–H and O–H groups in total. The molecule has 20 heavy (non-hydrogen) atoms. The van der Waals surface area contributed by atoms with Crippen molar-refractivity contribution in [1.29, 1.82) is 0 Å². The summed E-state index contributed by atoms with van der Waals surface area (Å²) in [6.45, 7) is 4.97. The first kappa shape index (κ1) is 14.6. The lowest BCUT2D eigenvalue weighted by molar-refractivity contribution is -0.0582. The Bertz CT molecular complexity index is 520. The lowest BCUT2D eigenvalue weighted by atomic mass is 9.79. The number of carbonyl (C=O) groups is 1. The number of rotatable bonds is 2. The molecule has 3 heteroatoms. The van der Waals surface area contributed by atoms with Gasteiger partial charge in [0.15, 0.2) is 5.60 Å². The number of esters is 1. The maximum absolute atomic E-state index is 12.3. The predicted molar refractivity (Wildman–Crippen MR) is 79.3 cm³/mol. The summed E-state index contributed by atoms with van der Waals surface area (Å²) >= 11 is 0. The summed E-state index contributed by atoms with van der Waals surface area (Å²) in [5, 5.41) is 0. The first-order chi connectivity index (χ1) is 9.48. The van der Waals surface area contributed by atoms with E-state index in [9.17, 15) is 4.79 Å². The van der Waals surface area contributed by atoms with E-state index in [1.165, 1.54) is 0 Å². The molecule has 0 amide bonds. The third-order valence-electron chi connectivity index (χ3n) is 4.24. The van der Waals surface area contributed by atoms with E-state index < -0.39 is 5.60 Å². The zero-order chi connectivity index (χ0) is 14.8. The Hall–Kier alpha value is -1.79. The number of hydrogen-bond acceptors (Lipinski definition) is 3. The SMILES string of the molecule is C#C[C@]1(OC(=O)c2ccccc2)C[C@@H](C)N(C)C[C@H]1C. The molecule has 1 aromatic rings. The second kappa shape index (κ2) is 5.68. The Labute approximate surface area is 120 Å². The molecule has 0 aliphatic carbocycles. The van der Waals surface area contributed by atoms with Crippen LogP contribution in [0.3, 0.4) is 0 Å². The summed E-state index contributed by atoms with van der Waals surface area (Å²) in [5.74, 6) is 2.52. The van der Waals surface area contributed by atoms with Crippen LogP contribution in [0.4, 0.5) is 0 Å². The van der Waals surface area contributed by atoms with Gasteiger partial charge < -0.3 is 9.64 Å². The van der Waals surface area contributed by atoms with Crippen LogP contribution in [0.2, 0.25) is 0 Å². The van der Waals surface area contributed by atoms with E-state index in [4.69, 9.17) is 11.2 Å². The number of hydrogen-bond donors (Lipinski definition) is 0. The highest BCUT2D eigenvalue weighted by Crippen LogP contribution is 2.34. The summed E-state index contributed by atoms with van der Waals surface area (Å²) in [6.07, 6.45) is 6.38. The minimum absolute atomic E-state index is 0.112. The van der Waals surface area contributed by atoms with Crippen molar-refractivity contribution in [3.05, 3.63) is 35.9 Å². The number of terminal acetylenes is 1. The minimum atomic E-state index is -0.807. The van der Waals surface area contributed by atoms with Crippen molar-refractivity contribution < 1.29 is 9.53 Å². The average Bonchev–Trinajstić information content (AvgIpc) is 2.45. The Kier molecular flexibility index (Phi) is 4.15. The van der Waals surface area contributed by atoms with Crippen LogP contribution >= 0.6 is 0 Å². The van der Waals surface area contributed by atoms with Gasteiger partial charge in [0.25, 0.3) is 0 Å².